The van der Waals surface area contributed by atoms with E-state index in [9.17, 15) is 0 Å². The molecule has 0 aliphatic rings. The van der Waals surface area contributed by atoms with Crippen LogP contribution in [-0.4, -0.2) is 10.2 Å². The highest BCUT2D eigenvalue weighted by Crippen LogP contribution is 1.86. The highest BCUT2D eigenvalue weighted by molar-refractivity contribution is 6.08. The van der Waals surface area contributed by atoms with E-state index < -0.39 is 0 Å². The van der Waals surface area contributed by atoms with Crippen LogP contribution in [0.1, 0.15) is 12.8 Å². The van der Waals surface area contributed by atoms with E-state index in [2.05, 4.69) is 17.2 Å². The fourth-order valence-electron chi connectivity index (χ4n) is 0.125. The molecular formula is C4H8Si. The molecule has 0 saturated carbocycles. The summed E-state index contributed by atoms with van der Waals surface area (Å²) in [5, 5.41) is 0. The molecule has 0 spiro atoms. The van der Waals surface area contributed by atoms with Gasteiger partial charge in [-0.1, -0.05) is 25.8 Å². The highest BCUT2D eigenvalue weighted by atomic mass is 28.1. The van der Waals surface area contributed by atoms with E-state index in [-0.39, 0.29) is 0 Å². The minimum absolute atomic E-state index is 1.05. The average Bonchev–Trinajstić information content (AvgIpc) is 1.41. The highest BCUT2D eigenvalue weighted by Gasteiger charge is 1.68. The predicted octanol–water partition coefficient (Wildman–Crippen LogP) is 1.19. The lowest BCUT2D eigenvalue weighted by molar-refractivity contribution is 0.953. The molecule has 0 N–H and O–H groups in total. The van der Waals surface area contributed by atoms with E-state index in [0.29, 0.717) is 0 Å². The van der Waals surface area contributed by atoms with Crippen LogP contribution < -0.4 is 0 Å². The van der Waals surface area contributed by atoms with E-state index in [0.717, 1.165) is 12.5 Å². The molecule has 0 aliphatic heterocycles. The standard InChI is InChI=1S/C4H8Si/c1-2-3-4-5/h1-4H2. The van der Waals surface area contributed by atoms with Gasteiger partial charge in [-0.05, 0) is 0 Å². The van der Waals surface area contributed by atoms with E-state index >= 15 is 0 Å². The van der Waals surface area contributed by atoms with E-state index in [1.807, 2.05) is 0 Å². The monoisotopic (exact) mass is 84.0 g/mol. The van der Waals surface area contributed by atoms with Gasteiger partial charge in [0.15, 0.2) is 0 Å². The lowest BCUT2D eigenvalue weighted by Crippen LogP contribution is -1.64. The zero-order valence-corrected chi connectivity index (χ0v) is 4.33. The fraction of sp³-hybridized carbons (Fsp3) is 0.750. The minimum Gasteiger partial charge on any atom is -0.0638 e. The first-order chi connectivity index (χ1) is 2.41. The van der Waals surface area contributed by atoms with Gasteiger partial charge in [0.1, 0.15) is 0 Å². The minimum atomic E-state index is 1.05. The van der Waals surface area contributed by atoms with Crippen molar-refractivity contribution in [3.05, 3.63) is 6.92 Å². The van der Waals surface area contributed by atoms with Gasteiger partial charge < -0.3 is 0 Å². The maximum atomic E-state index is 3.64. The van der Waals surface area contributed by atoms with Crippen molar-refractivity contribution < 1.29 is 0 Å². The summed E-state index contributed by atoms with van der Waals surface area (Å²) in [6.45, 7) is 3.64. The molecule has 0 atom stereocenters. The molecular weight excluding hydrogens is 76.1 g/mol. The summed E-state index contributed by atoms with van der Waals surface area (Å²) in [4.78, 5) is 0. The summed E-state index contributed by atoms with van der Waals surface area (Å²) in [6.07, 6.45) is 2.24. The van der Waals surface area contributed by atoms with Gasteiger partial charge in [-0.2, -0.15) is 0 Å². The van der Waals surface area contributed by atoms with E-state index in [1.54, 1.807) is 0 Å². The van der Waals surface area contributed by atoms with Crippen molar-refractivity contribution in [1.29, 1.82) is 0 Å². The van der Waals surface area contributed by atoms with Crippen LogP contribution in [0.3, 0.4) is 0 Å². The van der Waals surface area contributed by atoms with Gasteiger partial charge in [0.2, 0.25) is 0 Å². The molecule has 0 saturated heterocycles. The summed E-state index contributed by atoms with van der Waals surface area (Å²) in [5.41, 5.74) is 0. The van der Waals surface area contributed by atoms with Crippen LogP contribution in [0.2, 0.25) is 6.04 Å². The third kappa shape index (κ3) is 4.22. The van der Waals surface area contributed by atoms with Crippen LogP contribution in [-0.2, 0) is 0 Å². The molecule has 0 nitrogen and oxygen atoms in total. The van der Waals surface area contributed by atoms with Crippen LogP contribution in [0.5, 0.6) is 0 Å². The molecule has 0 aromatic heterocycles. The van der Waals surface area contributed by atoms with Gasteiger partial charge in [0.25, 0.3) is 0 Å². The van der Waals surface area contributed by atoms with Crippen molar-refractivity contribution in [1.82, 2.24) is 0 Å². The summed E-state index contributed by atoms with van der Waals surface area (Å²) in [6, 6.07) is 1.09. The summed E-state index contributed by atoms with van der Waals surface area (Å²) < 4.78 is 0. The van der Waals surface area contributed by atoms with Gasteiger partial charge in [0.05, 0.1) is 0 Å². The molecule has 0 unspecified atom stereocenters. The quantitative estimate of drug-likeness (QED) is 0.441. The third-order valence-electron chi connectivity index (χ3n) is 0.427. The second kappa shape index (κ2) is 4.22. The van der Waals surface area contributed by atoms with Crippen molar-refractivity contribution >= 4 is 10.2 Å². The van der Waals surface area contributed by atoms with Crippen molar-refractivity contribution in [2.45, 2.75) is 18.9 Å². The summed E-state index contributed by atoms with van der Waals surface area (Å²) in [5.74, 6) is 0. The molecule has 0 bridgehead atoms. The molecule has 28 valence electrons. The van der Waals surface area contributed by atoms with Crippen molar-refractivity contribution in [3.63, 3.8) is 0 Å². The number of hydrogen-bond acceptors (Lipinski definition) is 0. The fourth-order valence-corrected chi connectivity index (χ4v) is 0.375. The van der Waals surface area contributed by atoms with Crippen molar-refractivity contribution in [2.24, 2.45) is 0 Å². The van der Waals surface area contributed by atoms with Gasteiger partial charge in [0, 0.05) is 10.2 Å². The second-order valence-corrected chi connectivity index (χ2v) is 1.46. The number of rotatable bonds is 2. The van der Waals surface area contributed by atoms with Crippen LogP contribution in [0.4, 0.5) is 0 Å². The molecule has 0 heterocycles. The van der Waals surface area contributed by atoms with Crippen LogP contribution in [0.15, 0.2) is 0 Å². The Morgan fingerprint density at radius 3 is 2.20 bits per heavy atom. The Balaban J connectivity index is 2.19. The molecule has 1 heteroatoms. The Labute approximate surface area is 37.0 Å². The average molecular weight is 84.2 g/mol. The maximum Gasteiger partial charge on any atom is 0.0222 e. The van der Waals surface area contributed by atoms with Gasteiger partial charge in [-0.25, -0.2) is 0 Å². The summed E-state index contributed by atoms with van der Waals surface area (Å²) in [7, 11) is 3.31. The van der Waals surface area contributed by atoms with Crippen molar-refractivity contribution in [2.75, 3.05) is 0 Å². The van der Waals surface area contributed by atoms with Gasteiger partial charge in [-0.15, -0.1) is 0 Å². The predicted molar refractivity (Wildman–Crippen MR) is 25.2 cm³/mol. The molecule has 0 fully saturated rings. The van der Waals surface area contributed by atoms with E-state index in [1.165, 1.54) is 6.42 Å². The lowest BCUT2D eigenvalue weighted by Gasteiger charge is -1.78. The zero-order chi connectivity index (χ0) is 4.12. The molecule has 0 aromatic rings. The first-order valence-corrected chi connectivity index (χ1v) is 2.56. The molecule has 5 heavy (non-hydrogen) atoms. The Hall–Kier alpha value is 0.217. The van der Waals surface area contributed by atoms with Gasteiger partial charge in [-0.3, -0.25) is 0 Å². The number of unbranched alkanes of at least 4 members (excludes halogenated alkanes) is 1. The molecule has 0 aliphatic carbocycles. The largest absolute Gasteiger partial charge is 0.0638 e. The second-order valence-electron chi connectivity index (χ2n) is 0.957. The Bertz CT molecular complexity index is 11.1. The smallest absolute Gasteiger partial charge is 0.0222 e. The van der Waals surface area contributed by atoms with E-state index in [4.69, 9.17) is 0 Å². The lowest BCUT2D eigenvalue weighted by atomic mass is 10.4. The third-order valence-corrected chi connectivity index (χ3v) is 0.780. The van der Waals surface area contributed by atoms with Crippen LogP contribution >= 0.6 is 0 Å². The zero-order valence-electron chi connectivity index (χ0n) is 3.33. The molecule has 0 amide bonds. The Morgan fingerprint density at radius 2 is 2.20 bits per heavy atom. The Kier molecular flexibility index (Phi) is 4.40. The van der Waals surface area contributed by atoms with Gasteiger partial charge >= 0.3 is 0 Å². The molecule has 0 rings (SSSR count). The first-order valence-electron chi connectivity index (χ1n) is 1.85. The Morgan fingerprint density at radius 1 is 1.60 bits per heavy atom. The topological polar surface area (TPSA) is 0 Å². The molecule has 4 radical (unpaired) electrons. The SMILES string of the molecule is [CH2]CCC[Si]. The summed E-state index contributed by atoms with van der Waals surface area (Å²) >= 11 is 0. The maximum absolute atomic E-state index is 3.64. The van der Waals surface area contributed by atoms with Crippen LogP contribution in [0.25, 0.3) is 0 Å². The number of hydrogen-bond donors (Lipinski definition) is 0. The first kappa shape index (κ1) is 5.22. The molecule has 0 aromatic carbocycles. The van der Waals surface area contributed by atoms with Crippen molar-refractivity contribution in [3.8, 4) is 0 Å². The van der Waals surface area contributed by atoms with Crippen LogP contribution in [0, 0.1) is 6.92 Å². The normalized spacial score (nSPS) is 8.40.